The lowest BCUT2D eigenvalue weighted by Crippen LogP contribution is -2.25. The van der Waals surface area contributed by atoms with Crippen LogP contribution in [0.4, 0.5) is 5.82 Å². The number of amides is 1. The van der Waals surface area contributed by atoms with E-state index in [0.717, 1.165) is 22.4 Å². The fourth-order valence-corrected chi connectivity index (χ4v) is 4.58. The summed E-state index contributed by atoms with van der Waals surface area (Å²) in [6.07, 6.45) is 1.82. The summed E-state index contributed by atoms with van der Waals surface area (Å²) >= 11 is 0. The predicted octanol–water partition coefficient (Wildman–Crippen LogP) is 3.68. The van der Waals surface area contributed by atoms with Crippen LogP contribution >= 0.6 is 0 Å². The summed E-state index contributed by atoms with van der Waals surface area (Å²) in [4.78, 5) is 12.8. The number of hydrogen-bond acceptors (Lipinski definition) is 7. The van der Waals surface area contributed by atoms with E-state index in [2.05, 4.69) is 20.6 Å². The Morgan fingerprint density at radius 3 is 2.75 bits per heavy atom. The number of rotatable bonds is 6. The number of carbonyl (C=O) groups excluding carboxylic acids is 1. The summed E-state index contributed by atoms with van der Waals surface area (Å²) in [5.74, 6) is 2.12. The minimum Gasteiger partial charge on any atom is -0.493 e. The number of nitrogens with zero attached hydrogens (tertiary/aromatic N) is 6. The molecule has 10 nitrogen and oxygen atoms in total. The topological polar surface area (TPSA) is 108 Å². The molecule has 2 aromatic carbocycles. The molecule has 0 saturated heterocycles. The molecule has 1 N–H and O–H groups in total. The molecule has 0 fully saturated rings. The van der Waals surface area contributed by atoms with Crippen LogP contribution in [-0.2, 0) is 11.4 Å². The third-order valence-corrected chi connectivity index (χ3v) is 6.29. The number of hydrogen-bond donors (Lipinski definition) is 1. The van der Waals surface area contributed by atoms with E-state index in [0.29, 0.717) is 41.8 Å². The number of nitrogens with one attached hydrogen (secondary N) is 1. The molecule has 0 unspecified atom stereocenters. The molecule has 0 spiro atoms. The lowest BCUT2D eigenvalue weighted by atomic mass is 9.85. The van der Waals surface area contributed by atoms with Crippen LogP contribution in [0.2, 0.25) is 0 Å². The number of methoxy groups -OCH3 is 1. The number of anilines is 1. The summed E-state index contributed by atoms with van der Waals surface area (Å²) in [6, 6.07) is 19.4. The van der Waals surface area contributed by atoms with Gasteiger partial charge in [-0.15, -0.1) is 15.3 Å². The van der Waals surface area contributed by atoms with E-state index in [-0.39, 0.29) is 11.8 Å². The van der Waals surface area contributed by atoms with Gasteiger partial charge in [0.15, 0.2) is 23.0 Å². The average Bonchev–Trinajstić information content (AvgIpc) is 3.51. The molecule has 180 valence electrons. The Balaban J connectivity index is 1.35. The maximum atomic E-state index is 12.8. The van der Waals surface area contributed by atoms with Crippen molar-refractivity contribution in [1.29, 1.82) is 0 Å². The molecule has 3 aromatic heterocycles. The molecule has 0 bridgehead atoms. The first-order valence-corrected chi connectivity index (χ1v) is 11.5. The average molecular weight is 482 g/mol. The van der Waals surface area contributed by atoms with Gasteiger partial charge in [0.25, 0.3) is 0 Å². The van der Waals surface area contributed by atoms with Crippen LogP contribution in [-0.4, -0.2) is 42.6 Å². The molecule has 1 aliphatic heterocycles. The van der Waals surface area contributed by atoms with Gasteiger partial charge in [-0.2, -0.15) is 14.3 Å². The largest absolute Gasteiger partial charge is 0.493 e. The van der Waals surface area contributed by atoms with Gasteiger partial charge in [-0.25, -0.2) is 0 Å². The minimum atomic E-state index is -0.196. The molecule has 1 atom stereocenters. The van der Waals surface area contributed by atoms with Gasteiger partial charge in [-0.3, -0.25) is 4.79 Å². The summed E-state index contributed by atoms with van der Waals surface area (Å²) in [6.45, 7) is 2.37. The number of aromatic nitrogens is 6. The molecule has 36 heavy (non-hydrogen) atoms. The number of fused-ring (bicyclic) bond motifs is 2. The van der Waals surface area contributed by atoms with E-state index in [9.17, 15) is 4.79 Å². The predicted molar refractivity (Wildman–Crippen MR) is 131 cm³/mol. The zero-order valence-electron chi connectivity index (χ0n) is 19.8. The van der Waals surface area contributed by atoms with Gasteiger partial charge in [-0.1, -0.05) is 36.4 Å². The fraction of sp³-hybridized carbons (Fsp3) is 0.192. The molecule has 1 aliphatic rings. The van der Waals surface area contributed by atoms with Crippen molar-refractivity contribution in [1.82, 2.24) is 29.6 Å². The van der Waals surface area contributed by atoms with Crippen molar-refractivity contribution in [2.75, 3.05) is 12.4 Å². The van der Waals surface area contributed by atoms with Crippen molar-refractivity contribution in [3.8, 4) is 17.3 Å². The smallest absolute Gasteiger partial charge is 0.226 e. The lowest BCUT2D eigenvalue weighted by molar-refractivity contribution is -0.116. The minimum absolute atomic E-state index is 0.0950. The molecule has 10 heteroatoms. The third-order valence-electron chi connectivity index (χ3n) is 6.29. The summed E-state index contributed by atoms with van der Waals surface area (Å²) in [5, 5.41) is 20.1. The molecular formula is C26H23N7O3. The van der Waals surface area contributed by atoms with Crippen molar-refractivity contribution in [3.05, 3.63) is 89.4 Å². The highest BCUT2D eigenvalue weighted by Gasteiger charge is 2.33. The zero-order chi connectivity index (χ0) is 24.6. The molecule has 0 aliphatic carbocycles. The van der Waals surface area contributed by atoms with Crippen LogP contribution in [0.5, 0.6) is 11.5 Å². The summed E-state index contributed by atoms with van der Waals surface area (Å²) in [5.41, 5.74) is 4.39. The van der Waals surface area contributed by atoms with Crippen LogP contribution in [0, 0.1) is 6.92 Å². The van der Waals surface area contributed by atoms with Gasteiger partial charge in [0.2, 0.25) is 5.91 Å². The molecule has 0 saturated carbocycles. The maximum absolute atomic E-state index is 12.8. The number of aryl methyl sites for hydroxylation is 1. The summed E-state index contributed by atoms with van der Waals surface area (Å²) < 4.78 is 14.9. The lowest BCUT2D eigenvalue weighted by Gasteiger charge is -2.25. The summed E-state index contributed by atoms with van der Waals surface area (Å²) in [7, 11) is 1.61. The van der Waals surface area contributed by atoms with E-state index in [4.69, 9.17) is 14.6 Å². The Morgan fingerprint density at radius 2 is 1.92 bits per heavy atom. The normalized spacial score (nSPS) is 14.9. The first-order chi connectivity index (χ1) is 17.6. The van der Waals surface area contributed by atoms with Crippen LogP contribution in [0.15, 0.2) is 67.0 Å². The Kier molecular flexibility index (Phi) is 5.33. The molecule has 1 amide bonds. The second-order valence-corrected chi connectivity index (χ2v) is 8.57. The van der Waals surface area contributed by atoms with Gasteiger partial charge in [0.05, 0.1) is 12.8 Å². The van der Waals surface area contributed by atoms with Crippen molar-refractivity contribution in [2.45, 2.75) is 25.9 Å². The number of ether oxygens (including phenoxy) is 2. The maximum Gasteiger partial charge on any atom is 0.226 e. The molecule has 4 heterocycles. The molecule has 0 radical (unpaired) electrons. The second kappa shape index (κ2) is 8.81. The van der Waals surface area contributed by atoms with Gasteiger partial charge < -0.3 is 14.8 Å². The van der Waals surface area contributed by atoms with E-state index >= 15 is 0 Å². The zero-order valence-corrected chi connectivity index (χ0v) is 19.8. The van der Waals surface area contributed by atoms with E-state index in [1.165, 1.54) is 6.33 Å². The van der Waals surface area contributed by atoms with Crippen molar-refractivity contribution in [3.63, 3.8) is 0 Å². The van der Waals surface area contributed by atoms with Crippen LogP contribution < -0.4 is 14.8 Å². The molecule has 5 aromatic rings. The van der Waals surface area contributed by atoms with Crippen molar-refractivity contribution in [2.24, 2.45) is 0 Å². The Labute approximate surface area is 206 Å². The second-order valence-electron chi connectivity index (χ2n) is 8.57. The fourth-order valence-electron chi connectivity index (χ4n) is 4.58. The van der Waals surface area contributed by atoms with E-state index in [1.54, 1.807) is 28.4 Å². The monoisotopic (exact) mass is 481 g/mol. The third kappa shape index (κ3) is 3.82. The van der Waals surface area contributed by atoms with Gasteiger partial charge in [0, 0.05) is 17.9 Å². The first kappa shape index (κ1) is 21.8. The van der Waals surface area contributed by atoms with E-state index < -0.39 is 0 Å². The Morgan fingerprint density at radius 1 is 1.06 bits per heavy atom. The highest BCUT2D eigenvalue weighted by molar-refractivity contribution is 5.95. The number of benzene rings is 2. The van der Waals surface area contributed by atoms with Crippen LogP contribution in [0.25, 0.3) is 11.5 Å². The SMILES string of the molecule is COc1cc([C@H]2CC(=O)Nc3c2c(C)nn3-c2ccc3nncn3n2)ccc1OCc1ccccc1. The van der Waals surface area contributed by atoms with E-state index in [1.807, 2.05) is 55.5 Å². The standard InChI is InChI=1S/C26H23N7O3/c1-16-25-19(18-8-9-20(21(12-18)35-2)36-14-17-6-4-3-5-7-17)13-24(34)28-26(25)33(30-16)23-11-10-22-29-27-15-32(22)31-23/h3-12,15,19H,13-14H2,1-2H3,(H,28,34)/t19-/m1/s1. The molecule has 6 rings (SSSR count). The van der Waals surface area contributed by atoms with Gasteiger partial charge in [-0.05, 0) is 42.3 Å². The van der Waals surface area contributed by atoms with Gasteiger partial charge in [0.1, 0.15) is 18.8 Å². The highest BCUT2D eigenvalue weighted by atomic mass is 16.5. The Hall–Kier alpha value is -4.73. The van der Waals surface area contributed by atoms with Gasteiger partial charge >= 0.3 is 0 Å². The molecular weight excluding hydrogens is 458 g/mol. The Bertz CT molecular complexity index is 1580. The number of carbonyl (C=O) groups is 1. The van der Waals surface area contributed by atoms with Crippen molar-refractivity contribution >= 4 is 17.4 Å². The van der Waals surface area contributed by atoms with Crippen molar-refractivity contribution < 1.29 is 14.3 Å². The van der Waals surface area contributed by atoms with Crippen LogP contribution in [0.3, 0.4) is 0 Å². The quantitative estimate of drug-likeness (QED) is 0.394. The highest BCUT2D eigenvalue weighted by Crippen LogP contribution is 2.42. The van der Waals surface area contributed by atoms with Crippen LogP contribution in [0.1, 0.15) is 34.7 Å². The first-order valence-electron chi connectivity index (χ1n) is 11.5.